The van der Waals surface area contributed by atoms with Crippen molar-refractivity contribution in [3.63, 3.8) is 0 Å². The smallest absolute Gasteiger partial charge is 0.306 e. The van der Waals surface area contributed by atoms with E-state index in [1.54, 1.807) is 7.11 Å². The molecule has 1 N–H and O–H groups in total. The van der Waals surface area contributed by atoms with Gasteiger partial charge in [-0.2, -0.15) is 0 Å². The first-order valence-corrected chi connectivity index (χ1v) is 7.59. The maximum Gasteiger partial charge on any atom is 0.306 e. The summed E-state index contributed by atoms with van der Waals surface area (Å²) in [6, 6.07) is 0. The predicted molar refractivity (Wildman–Crippen MR) is 73.9 cm³/mol. The zero-order chi connectivity index (χ0) is 13.9. The summed E-state index contributed by atoms with van der Waals surface area (Å²) in [6.07, 6.45) is 9.10. The van der Waals surface area contributed by atoms with Gasteiger partial charge < -0.3 is 14.6 Å². The van der Waals surface area contributed by atoms with Gasteiger partial charge in [-0.1, -0.05) is 12.8 Å². The van der Waals surface area contributed by atoms with Gasteiger partial charge in [0.05, 0.1) is 6.10 Å². The topological polar surface area (TPSA) is 55.8 Å². The average Bonchev–Trinajstić information content (AvgIpc) is 2.42. The molecule has 0 saturated heterocycles. The molecule has 0 amide bonds. The summed E-state index contributed by atoms with van der Waals surface area (Å²) in [7, 11) is 1.63. The van der Waals surface area contributed by atoms with E-state index >= 15 is 0 Å². The molecule has 19 heavy (non-hydrogen) atoms. The molecular weight excluding hydrogens is 244 g/mol. The minimum atomic E-state index is -0.311. The number of hydrogen-bond donors (Lipinski definition) is 1. The highest BCUT2D eigenvalue weighted by molar-refractivity contribution is 5.69. The summed E-state index contributed by atoms with van der Waals surface area (Å²) >= 11 is 0. The normalized spacial score (nSPS) is 18.2. The monoisotopic (exact) mass is 272 g/mol. The predicted octanol–water partition coefficient (Wildman–Crippen LogP) is 2.82. The van der Waals surface area contributed by atoms with E-state index in [-0.39, 0.29) is 18.2 Å². The van der Waals surface area contributed by atoms with Gasteiger partial charge in [-0.25, -0.2) is 0 Å². The second-order valence-electron chi connectivity index (χ2n) is 5.43. The lowest BCUT2D eigenvalue weighted by atomic mass is 9.98. The highest BCUT2D eigenvalue weighted by Gasteiger charge is 2.17. The maximum atomic E-state index is 11.6. The van der Waals surface area contributed by atoms with Crippen molar-refractivity contribution in [3.8, 4) is 0 Å². The number of hydrogen-bond acceptors (Lipinski definition) is 4. The molecule has 1 fully saturated rings. The molecule has 0 aromatic carbocycles. The van der Waals surface area contributed by atoms with Crippen LogP contribution in [-0.2, 0) is 14.3 Å². The Morgan fingerprint density at radius 3 is 2.63 bits per heavy atom. The van der Waals surface area contributed by atoms with Crippen LogP contribution in [0, 0.1) is 0 Å². The van der Waals surface area contributed by atoms with Gasteiger partial charge in [-0.3, -0.25) is 4.79 Å². The van der Waals surface area contributed by atoms with Crippen LogP contribution in [0.25, 0.3) is 0 Å². The minimum absolute atomic E-state index is 0.0710. The van der Waals surface area contributed by atoms with Crippen LogP contribution in [0.3, 0.4) is 0 Å². The summed E-state index contributed by atoms with van der Waals surface area (Å²) in [4.78, 5) is 11.6. The summed E-state index contributed by atoms with van der Waals surface area (Å²) in [5, 5.41) is 9.61. The highest BCUT2D eigenvalue weighted by Crippen LogP contribution is 2.21. The fourth-order valence-electron chi connectivity index (χ4n) is 2.48. The molecule has 112 valence electrons. The van der Waals surface area contributed by atoms with Crippen molar-refractivity contribution in [3.05, 3.63) is 0 Å². The van der Waals surface area contributed by atoms with Gasteiger partial charge in [0.2, 0.25) is 0 Å². The molecule has 0 unspecified atom stereocenters. The van der Waals surface area contributed by atoms with Crippen LogP contribution >= 0.6 is 0 Å². The van der Waals surface area contributed by atoms with Crippen molar-refractivity contribution in [1.82, 2.24) is 0 Å². The van der Waals surface area contributed by atoms with Crippen molar-refractivity contribution < 1.29 is 19.4 Å². The van der Waals surface area contributed by atoms with E-state index in [0.29, 0.717) is 19.4 Å². The molecule has 0 aromatic heterocycles. The lowest BCUT2D eigenvalue weighted by Crippen LogP contribution is -2.20. The molecule has 1 saturated carbocycles. The third-order valence-corrected chi connectivity index (χ3v) is 3.67. The number of aliphatic hydroxyl groups excluding tert-OH is 1. The molecule has 0 bridgehead atoms. The summed E-state index contributed by atoms with van der Waals surface area (Å²) in [5.41, 5.74) is 0. The molecule has 0 aromatic rings. The third-order valence-electron chi connectivity index (χ3n) is 3.67. The fourth-order valence-corrected chi connectivity index (χ4v) is 2.48. The van der Waals surface area contributed by atoms with E-state index in [9.17, 15) is 9.90 Å². The number of rotatable bonds is 9. The van der Waals surface area contributed by atoms with E-state index < -0.39 is 0 Å². The van der Waals surface area contributed by atoms with Crippen LogP contribution in [-0.4, -0.2) is 37.0 Å². The zero-order valence-electron chi connectivity index (χ0n) is 12.1. The number of carbonyl (C=O) groups excluding carboxylic acids is 1. The molecule has 1 rings (SSSR count). The van der Waals surface area contributed by atoms with Crippen molar-refractivity contribution >= 4 is 5.97 Å². The van der Waals surface area contributed by atoms with E-state index in [1.807, 2.05) is 0 Å². The quantitative estimate of drug-likeness (QED) is 0.518. The van der Waals surface area contributed by atoms with Gasteiger partial charge in [-0.05, 0) is 44.9 Å². The molecule has 1 atom stereocenters. The molecule has 1 aliphatic rings. The van der Waals surface area contributed by atoms with Crippen LogP contribution in [0.5, 0.6) is 0 Å². The number of methoxy groups -OCH3 is 1. The Bertz CT molecular complexity index is 236. The molecular formula is C15H28O4. The molecule has 0 radical (unpaired) electrons. The summed E-state index contributed by atoms with van der Waals surface area (Å²) in [6.45, 7) is 0.588. The van der Waals surface area contributed by atoms with E-state index in [1.165, 1.54) is 19.3 Å². The van der Waals surface area contributed by atoms with Gasteiger partial charge in [0, 0.05) is 20.1 Å². The number of esters is 1. The Hall–Kier alpha value is -0.610. The summed E-state index contributed by atoms with van der Waals surface area (Å²) < 4.78 is 10.3. The van der Waals surface area contributed by atoms with Crippen molar-refractivity contribution in [2.24, 2.45) is 0 Å². The highest BCUT2D eigenvalue weighted by atomic mass is 16.5. The van der Waals surface area contributed by atoms with Crippen LogP contribution in [0.4, 0.5) is 0 Å². The minimum Gasteiger partial charge on any atom is -0.462 e. The number of aliphatic hydroxyl groups is 1. The lowest BCUT2D eigenvalue weighted by Gasteiger charge is -2.21. The first kappa shape index (κ1) is 16.4. The average molecular weight is 272 g/mol. The van der Waals surface area contributed by atoms with Gasteiger partial charge in [0.15, 0.2) is 0 Å². The third kappa shape index (κ3) is 8.22. The molecule has 4 nitrogen and oxygen atoms in total. The molecule has 4 heteroatoms. The zero-order valence-corrected chi connectivity index (χ0v) is 12.1. The Morgan fingerprint density at radius 2 is 1.95 bits per heavy atom. The van der Waals surface area contributed by atoms with Crippen molar-refractivity contribution in [2.45, 2.75) is 76.4 Å². The number of carbonyl (C=O) groups is 1. The second kappa shape index (κ2) is 10.2. The summed E-state index contributed by atoms with van der Waals surface area (Å²) in [5.74, 6) is -0.0710. The lowest BCUT2D eigenvalue weighted by molar-refractivity contribution is -0.150. The van der Waals surface area contributed by atoms with Crippen LogP contribution in [0.15, 0.2) is 0 Å². The Morgan fingerprint density at radius 1 is 1.21 bits per heavy atom. The van der Waals surface area contributed by atoms with Crippen LogP contribution in [0.1, 0.15) is 64.2 Å². The Labute approximate surface area is 116 Å². The Kier molecular flexibility index (Phi) is 8.84. The van der Waals surface area contributed by atoms with Crippen molar-refractivity contribution in [2.75, 3.05) is 13.7 Å². The van der Waals surface area contributed by atoms with Gasteiger partial charge >= 0.3 is 5.97 Å². The standard InChI is InChI=1S/C15H28O4/c1-18-12-11-13(16)7-5-6-10-15(17)19-14-8-3-2-4-9-14/h13-14,16H,2-12H2,1H3/t13-/m0/s1. The number of unbranched alkanes of at least 4 members (excludes halogenated alkanes) is 1. The second-order valence-corrected chi connectivity index (χ2v) is 5.43. The van der Waals surface area contributed by atoms with Gasteiger partial charge in [0.1, 0.15) is 6.10 Å². The molecule has 0 heterocycles. The van der Waals surface area contributed by atoms with Gasteiger partial charge in [0.25, 0.3) is 0 Å². The molecule has 1 aliphatic carbocycles. The van der Waals surface area contributed by atoms with Gasteiger partial charge in [-0.15, -0.1) is 0 Å². The van der Waals surface area contributed by atoms with Crippen molar-refractivity contribution in [1.29, 1.82) is 0 Å². The van der Waals surface area contributed by atoms with E-state index in [2.05, 4.69) is 0 Å². The number of ether oxygens (including phenoxy) is 2. The first-order chi connectivity index (χ1) is 9.22. The largest absolute Gasteiger partial charge is 0.462 e. The maximum absolute atomic E-state index is 11.6. The Balaban J connectivity index is 1.97. The SMILES string of the molecule is COCC[C@@H](O)CCCCC(=O)OC1CCCCC1. The fraction of sp³-hybridized carbons (Fsp3) is 0.933. The molecule has 0 aliphatic heterocycles. The van der Waals surface area contributed by atoms with Crippen LogP contribution < -0.4 is 0 Å². The van der Waals surface area contributed by atoms with E-state index in [0.717, 1.165) is 32.1 Å². The van der Waals surface area contributed by atoms with E-state index in [4.69, 9.17) is 9.47 Å². The molecule has 0 spiro atoms. The first-order valence-electron chi connectivity index (χ1n) is 7.59. The van der Waals surface area contributed by atoms with Crippen LogP contribution in [0.2, 0.25) is 0 Å².